The SMILES string of the molecule is Cc1ccc(S(=O)(=O)N2C(CO)CC[C@@H]2C(C)C)cc1. The molecule has 20 heavy (non-hydrogen) atoms. The molecule has 1 fully saturated rings. The molecule has 1 aromatic carbocycles. The van der Waals surface area contributed by atoms with Crippen molar-refractivity contribution in [2.24, 2.45) is 5.92 Å². The average Bonchev–Trinajstić information content (AvgIpc) is 2.84. The Labute approximate surface area is 121 Å². The van der Waals surface area contributed by atoms with E-state index in [4.69, 9.17) is 0 Å². The highest BCUT2D eigenvalue weighted by molar-refractivity contribution is 7.89. The number of benzene rings is 1. The van der Waals surface area contributed by atoms with E-state index in [9.17, 15) is 13.5 Å². The Morgan fingerprint density at radius 3 is 2.35 bits per heavy atom. The Bertz CT molecular complexity index is 551. The van der Waals surface area contributed by atoms with E-state index in [0.29, 0.717) is 4.90 Å². The van der Waals surface area contributed by atoms with Gasteiger partial charge in [0.05, 0.1) is 11.5 Å². The molecule has 1 unspecified atom stereocenters. The molecule has 0 amide bonds. The molecule has 0 aliphatic carbocycles. The lowest BCUT2D eigenvalue weighted by atomic mass is 10.0. The second-order valence-corrected chi connectivity index (χ2v) is 7.72. The van der Waals surface area contributed by atoms with Gasteiger partial charge in [-0.2, -0.15) is 4.31 Å². The Kier molecular flexibility index (Phi) is 4.52. The predicted molar refractivity (Wildman–Crippen MR) is 78.9 cm³/mol. The van der Waals surface area contributed by atoms with Crippen molar-refractivity contribution in [3.05, 3.63) is 29.8 Å². The van der Waals surface area contributed by atoms with E-state index >= 15 is 0 Å². The minimum Gasteiger partial charge on any atom is -0.395 e. The van der Waals surface area contributed by atoms with Crippen molar-refractivity contribution in [1.29, 1.82) is 0 Å². The fourth-order valence-electron chi connectivity index (χ4n) is 2.89. The van der Waals surface area contributed by atoms with Crippen molar-refractivity contribution in [2.45, 2.75) is 50.6 Å². The third kappa shape index (κ3) is 2.75. The summed E-state index contributed by atoms with van der Waals surface area (Å²) < 4.78 is 27.2. The molecule has 4 nitrogen and oxygen atoms in total. The number of nitrogens with zero attached hydrogens (tertiary/aromatic N) is 1. The van der Waals surface area contributed by atoms with Crippen LogP contribution in [0.4, 0.5) is 0 Å². The van der Waals surface area contributed by atoms with Crippen LogP contribution in [-0.2, 0) is 10.0 Å². The number of sulfonamides is 1. The Morgan fingerprint density at radius 1 is 1.25 bits per heavy atom. The number of hydrogen-bond acceptors (Lipinski definition) is 3. The van der Waals surface area contributed by atoms with Gasteiger partial charge in [0, 0.05) is 12.1 Å². The van der Waals surface area contributed by atoms with E-state index in [1.54, 1.807) is 24.3 Å². The van der Waals surface area contributed by atoms with Crippen molar-refractivity contribution in [3.8, 4) is 0 Å². The van der Waals surface area contributed by atoms with E-state index in [2.05, 4.69) is 0 Å². The summed E-state index contributed by atoms with van der Waals surface area (Å²) in [4.78, 5) is 0.314. The van der Waals surface area contributed by atoms with Gasteiger partial charge in [-0.25, -0.2) is 8.42 Å². The highest BCUT2D eigenvalue weighted by Gasteiger charge is 2.42. The highest BCUT2D eigenvalue weighted by Crippen LogP contribution is 2.34. The molecule has 1 aromatic rings. The first-order valence-corrected chi connectivity index (χ1v) is 8.53. The molecular weight excluding hydrogens is 274 g/mol. The predicted octanol–water partition coefficient (Wildman–Crippen LogP) is 2.17. The number of aryl methyl sites for hydroxylation is 1. The molecule has 112 valence electrons. The van der Waals surface area contributed by atoms with Gasteiger partial charge >= 0.3 is 0 Å². The summed E-state index contributed by atoms with van der Waals surface area (Å²) in [5.74, 6) is 0.242. The molecule has 1 N–H and O–H groups in total. The first-order valence-electron chi connectivity index (χ1n) is 7.09. The Balaban J connectivity index is 2.41. The van der Waals surface area contributed by atoms with Gasteiger partial charge in [0.15, 0.2) is 0 Å². The van der Waals surface area contributed by atoms with Crippen molar-refractivity contribution in [3.63, 3.8) is 0 Å². The fourth-order valence-corrected chi connectivity index (χ4v) is 4.89. The molecule has 1 aliphatic rings. The van der Waals surface area contributed by atoms with Gasteiger partial charge in [0.1, 0.15) is 0 Å². The van der Waals surface area contributed by atoms with Crippen molar-refractivity contribution in [1.82, 2.24) is 4.31 Å². The van der Waals surface area contributed by atoms with Crippen LogP contribution in [0.15, 0.2) is 29.2 Å². The summed E-state index contributed by atoms with van der Waals surface area (Å²) in [7, 11) is -3.54. The maximum Gasteiger partial charge on any atom is 0.243 e. The summed E-state index contributed by atoms with van der Waals surface area (Å²) in [6.07, 6.45) is 1.54. The third-order valence-corrected chi connectivity index (χ3v) is 6.05. The number of hydrogen-bond donors (Lipinski definition) is 1. The van der Waals surface area contributed by atoms with Crippen LogP contribution in [-0.4, -0.2) is 36.5 Å². The van der Waals surface area contributed by atoms with Gasteiger partial charge in [0.2, 0.25) is 10.0 Å². The minimum absolute atomic E-state index is 0.0292. The molecule has 2 atom stereocenters. The zero-order chi connectivity index (χ0) is 14.9. The number of aliphatic hydroxyl groups is 1. The maximum absolute atomic E-state index is 12.8. The molecule has 0 radical (unpaired) electrons. The smallest absolute Gasteiger partial charge is 0.243 e. The van der Waals surface area contributed by atoms with Crippen LogP contribution in [0.3, 0.4) is 0 Å². The lowest BCUT2D eigenvalue weighted by molar-refractivity contribution is 0.183. The van der Waals surface area contributed by atoms with Gasteiger partial charge in [-0.1, -0.05) is 31.5 Å². The van der Waals surface area contributed by atoms with Gasteiger partial charge in [0.25, 0.3) is 0 Å². The van der Waals surface area contributed by atoms with Crippen LogP contribution >= 0.6 is 0 Å². The molecule has 0 saturated carbocycles. The van der Waals surface area contributed by atoms with Gasteiger partial charge in [-0.3, -0.25) is 0 Å². The lowest BCUT2D eigenvalue weighted by Crippen LogP contribution is -2.44. The zero-order valence-corrected chi connectivity index (χ0v) is 13.1. The van der Waals surface area contributed by atoms with Crippen LogP contribution in [0.25, 0.3) is 0 Å². The minimum atomic E-state index is -3.54. The van der Waals surface area contributed by atoms with E-state index in [1.165, 1.54) is 4.31 Å². The summed E-state index contributed by atoms with van der Waals surface area (Å²) in [6, 6.07) is 6.58. The molecule has 1 aliphatic heterocycles. The van der Waals surface area contributed by atoms with E-state index in [-0.39, 0.29) is 24.6 Å². The molecule has 0 bridgehead atoms. The van der Waals surface area contributed by atoms with Crippen molar-refractivity contribution in [2.75, 3.05) is 6.61 Å². The van der Waals surface area contributed by atoms with Gasteiger partial charge in [-0.15, -0.1) is 0 Å². The monoisotopic (exact) mass is 297 g/mol. The Hall–Kier alpha value is -0.910. The molecule has 1 saturated heterocycles. The zero-order valence-electron chi connectivity index (χ0n) is 12.3. The second-order valence-electron chi connectivity index (χ2n) is 5.87. The Morgan fingerprint density at radius 2 is 1.85 bits per heavy atom. The second kappa shape index (κ2) is 5.84. The molecule has 2 rings (SSSR count). The van der Waals surface area contributed by atoms with Crippen LogP contribution in [0.2, 0.25) is 0 Å². The van der Waals surface area contributed by atoms with Crippen LogP contribution in [0.1, 0.15) is 32.3 Å². The van der Waals surface area contributed by atoms with Crippen molar-refractivity contribution >= 4 is 10.0 Å². The number of aliphatic hydroxyl groups excluding tert-OH is 1. The summed E-state index contributed by atoms with van der Waals surface area (Å²) in [6.45, 7) is 5.87. The average molecular weight is 297 g/mol. The van der Waals surface area contributed by atoms with Gasteiger partial charge in [-0.05, 0) is 37.8 Å². The first kappa shape index (κ1) is 15.5. The molecule has 0 spiro atoms. The van der Waals surface area contributed by atoms with E-state index < -0.39 is 10.0 Å². The molecule has 0 aromatic heterocycles. The topological polar surface area (TPSA) is 57.6 Å². The maximum atomic E-state index is 12.8. The number of rotatable bonds is 4. The quantitative estimate of drug-likeness (QED) is 0.926. The molecular formula is C15H23NO3S. The third-order valence-electron chi connectivity index (χ3n) is 4.06. The van der Waals surface area contributed by atoms with Crippen LogP contribution in [0.5, 0.6) is 0 Å². The highest BCUT2D eigenvalue weighted by atomic mass is 32.2. The first-order chi connectivity index (χ1) is 9.37. The van der Waals surface area contributed by atoms with Crippen LogP contribution < -0.4 is 0 Å². The summed E-state index contributed by atoms with van der Waals surface area (Å²) >= 11 is 0. The normalized spacial score (nSPS) is 24.4. The summed E-state index contributed by atoms with van der Waals surface area (Å²) in [5, 5.41) is 9.48. The lowest BCUT2D eigenvalue weighted by Gasteiger charge is -2.30. The summed E-state index contributed by atoms with van der Waals surface area (Å²) in [5.41, 5.74) is 1.03. The largest absolute Gasteiger partial charge is 0.395 e. The van der Waals surface area contributed by atoms with Crippen LogP contribution in [0, 0.1) is 12.8 Å². The van der Waals surface area contributed by atoms with Crippen molar-refractivity contribution < 1.29 is 13.5 Å². The molecule has 5 heteroatoms. The van der Waals surface area contributed by atoms with Gasteiger partial charge < -0.3 is 5.11 Å². The fraction of sp³-hybridized carbons (Fsp3) is 0.600. The van der Waals surface area contributed by atoms with E-state index in [0.717, 1.165) is 18.4 Å². The van der Waals surface area contributed by atoms with E-state index in [1.807, 2.05) is 20.8 Å². The molecule has 1 heterocycles. The standard InChI is InChI=1S/C15H23NO3S/c1-11(2)15-9-6-13(10-17)16(15)20(18,19)14-7-4-12(3)5-8-14/h4-5,7-8,11,13,15,17H,6,9-10H2,1-3H3/t13?,15-/m1/s1.